The van der Waals surface area contributed by atoms with Crippen LogP contribution in [0.2, 0.25) is 0 Å². The summed E-state index contributed by atoms with van der Waals surface area (Å²) in [6.45, 7) is 0.208. The number of hydrogen-bond donors (Lipinski definition) is 1. The van der Waals surface area contributed by atoms with E-state index in [1.807, 2.05) is 40.3 Å². The van der Waals surface area contributed by atoms with Crippen LogP contribution >= 0.6 is 39.0 Å². The molecular weight excluding hydrogens is 487 g/mol. The smallest absolute Gasteiger partial charge is 0.261 e. The zero-order valence-corrected chi connectivity index (χ0v) is 18.8. The number of hydrogen-bond acceptors (Lipinski definition) is 5. The number of amides is 1. The molecule has 2 aromatic heterocycles. The summed E-state index contributed by atoms with van der Waals surface area (Å²) >= 11 is 6.34. The number of carbonyl (C=O) groups is 1. The summed E-state index contributed by atoms with van der Waals surface area (Å²) < 4.78 is 16.3. The van der Waals surface area contributed by atoms with Crippen LogP contribution in [-0.2, 0) is 12.3 Å². The van der Waals surface area contributed by atoms with Gasteiger partial charge in [0.05, 0.1) is 11.4 Å². The van der Waals surface area contributed by atoms with E-state index in [1.54, 1.807) is 18.2 Å². The number of benzene rings is 2. The Morgan fingerprint density at radius 3 is 2.57 bits per heavy atom. The third-order valence-electron chi connectivity index (χ3n) is 4.22. The average molecular weight is 503 g/mol. The lowest BCUT2D eigenvalue weighted by Crippen LogP contribution is -2.23. The highest BCUT2D eigenvalue weighted by Crippen LogP contribution is 2.26. The van der Waals surface area contributed by atoms with Crippen molar-refractivity contribution in [2.24, 2.45) is 0 Å². The standard InChI is InChI=1S/C21H16BrFN4OS2/c22-15-5-3-14(4-6-15)13-30-21-26-25-19(12-24-20(28)18-2-1-11-29-18)27(21)17-9-7-16(23)8-10-17/h1-11H,12-13H2,(H,24,28). The Morgan fingerprint density at radius 1 is 1.10 bits per heavy atom. The van der Waals surface area contributed by atoms with Gasteiger partial charge in [0.1, 0.15) is 5.82 Å². The Bertz CT molecular complexity index is 1130. The van der Waals surface area contributed by atoms with Crippen LogP contribution in [-0.4, -0.2) is 20.7 Å². The first-order chi connectivity index (χ1) is 14.6. The molecule has 0 radical (unpaired) electrons. The molecule has 0 unspecified atom stereocenters. The summed E-state index contributed by atoms with van der Waals surface area (Å²) in [6, 6.07) is 17.8. The molecule has 0 fully saturated rings. The monoisotopic (exact) mass is 502 g/mol. The molecule has 0 aliphatic rings. The molecule has 2 heterocycles. The number of thiophene rings is 1. The number of carbonyl (C=O) groups excluding carboxylic acids is 1. The van der Waals surface area contributed by atoms with Gasteiger partial charge in [-0.3, -0.25) is 9.36 Å². The summed E-state index contributed by atoms with van der Waals surface area (Å²) in [5.41, 5.74) is 1.88. The first kappa shape index (κ1) is 20.8. The van der Waals surface area contributed by atoms with E-state index >= 15 is 0 Å². The van der Waals surface area contributed by atoms with Gasteiger partial charge in [0.15, 0.2) is 11.0 Å². The topological polar surface area (TPSA) is 59.8 Å². The number of thioether (sulfide) groups is 1. The lowest BCUT2D eigenvalue weighted by Gasteiger charge is -2.11. The Kier molecular flexibility index (Phi) is 6.61. The lowest BCUT2D eigenvalue weighted by molar-refractivity contribution is 0.0953. The molecule has 0 aliphatic heterocycles. The number of halogens is 2. The molecule has 4 rings (SSSR count). The fourth-order valence-electron chi connectivity index (χ4n) is 2.74. The van der Waals surface area contributed by atoms with Crippen molar-refractivity contribution < 1.29 is 9.18 Å². The van der Waals surface area contributed by atoms with E-state index < -0.39 is 0 Å². The lowest BCUT2D eigenvalue weighted by atomic mass is 10.2. The van der Waals surface area contributed by atoms with Gasteiger partial charge < -0.3 is 5.32 Å². The predicted molar refractivity (Wildman–Crippen MR) is 121 cm³/mol. The van der Waals surface area contributed by atoms with Gasteiger partial charge in [-0.1, -0.05) is 45.9 Å². The second-order valence-electron chi connectivity index (χ2n) is 6.29. The first-order valence-corrected chi connectivity index (χ1v) is 11.6. The van der Waals surface area contributed by atoms with E-state index in [9.17, 15) is 9.18 Å². The summed E-state index contributed by atoms with van der Waals surface area (Å²) in [4.78, 5) is 12.9. The van der Waals surface area contributed by atoms with E-state index in [4.69, 9.17) is 0 Å². The van der Waals surface area contributed by atoms with E-state index in [0.29, 0.717) is 21.6 Å². The van der Waals surface area contributed by atoms with Gasteiger partial charge in [-0.15, -0.1) is 21.5 Å². The Morgan fingerprint density at radius 2 is 1.87 bits per heavy atom. The van der Waals surface area contributed by atoms with Crippen molar-refractivity contribution in [3.63, 3.8) is 0 Å². The third kappa shape index (κ3) is 4.97. The van der Waals surface area contributed by atoms with Crippen LogP contribution in [0.15, 0.2) is 75.7 Å². The van der Waals surface area contributed by atoms with Gasteiger partial charge in [-0.2, -0.15) is 0 Å². The van der Waals surface area contributed by atoms with E-state index in [-0.39, 0.29) is 18.3 Å². The molecule has 1 amide bonds. The number of nitrogens with zero attached hydrogens (tertiary/aromatic N) is 3. The van der Waals surface area contributed by atoms with Crippen LogP contribution in [0.3, 0.4) is 0 Å². The van der Waals surface area contributed by atoms with Crippen LogP contribution in [0.1, 0.15) is 21.1 Å². The Balaban J connectivity index is 1.57. The molecular formula is C21H16BrFN4OS2. The van der Waals surface area contributed by atoms with E-state index in [1.165, 1.54) is 35.2 Å². The van der Waals surface area contributed by atoms with Gasteiger partial charge in [0, 0.05) is 15.9 Å². The fourth-order valence-corrected chi connectivity index (χ4v) is 4.57. The minimum atomic E-state index is -0.316. The maximum absolute atomic E-state index is 13.4. The normalized spacial score (nSPS) is 10.9. The van der Waals surface area contributed by atoms with Crippen LogP contribution in [0.4, 0.5) is 4.39 Å². The Hall–Kier alpha value is -2.49. The Labute approximate surface area is 189 Å². The molecule has 0 saturated heterocycles. The zero-order valence-electron chi connectivity index (χ0n) is 15.6. The highest BCUT2D eigenvalue weighted by atomic mass is 79.9. The van der Waals surface area contributed by atoms with Crippen molar-refractivity contribution in [2.45, 2.75) is 17.5 Å². The molecule has 0 saturated carbocycles. The molecule has 9 heteroatoms. The highest BCUT2D eigenvalue weighted by molar-refractivity contribution is 9.10. The molecule has 30 heavy (non-hydrogen) atoms. The summed E-state index contributed by atoms with van der Waals surface area (Å²) in [6.07, 6.45) is 0. The molecule has 5 nitrogen and oxygen atoms in total. The van der Waals surface area contributed by atoms with Crippen LogP contribution < -0.4 is 5.32 Å². The summed E-state index contributed by atoms with van der Waals surface area (Å²) in [7, 11) is 0. The molecule has 1 N–H and O–H groups in total. The maximum atomic E-state index is 13.4. The fraction of sp³-hybridized carbons (Fsp3) is 0.0952. The predicted octanol–water partition coefficient (Wildman–Crippen LogP) is 5.45. The van der Waals surface area contributed by atoms with Crippen molar-refractivity contribution in [1.29, 1.82) is 0 Å². The molecule has 0 atom stereocenters. The molecule has 0 spiro atoms. The van der Waals surface area contributed by atoms with Gasteiger partial charge in [0.2, 0.25) is 0 Å². The molecule has 0 bridgehead atoms. The van der Waals surface area contributed by atoms with Gasteiger partial charge in [-0.05, 0) is 53.4 Å². The highest BCUT2D eigenvalue weighted by Gasteiger charge is 2.16. The van der Waals surface area contributed by atoms with Crippen molar-refractivity contribution in [2.75, 3.05) is 0 Å². The van der Waals surface area contributed by atoms with Crippen molar-refractivity contribution in [3.05, 3.63) is 92.6 Å². The summed E-state index contributed by atoms with van der Waals surface area (Å²) in [5, 5.41) is 14.0. The minimum Gasteiger partial charge on any atom is -0.344 e. The zero-order chi connectivity index (χ0) is 20.9. The second kappa shape index (κ2) is 9.55. The number of rotatable bonds is 7. The van der Waals surface area contributed by atoms with Crippen molar-refractivity contribution in [1.82, 2.24) is 20.1 Å². The number of aromatic nitrogens is 3. The van der Waals surface area contributed by atoms with Gasteiger partial charge >= 0.3 is 0 Å². The maximum Gasteiger partial charge on any atom is 0.261 e. The average Bonchev–Trinajstić information content (AvgIpc) is 3.43. The van der Waals surface area contributed by atoms with Gasteiger partial charge in [-0.25, -0.2) is 4.39 Å². The minimum absolute atomic E-state index is 0.164. The van der Waals surface area contributed by atoms with Crippen LogP contribution in [0, 0.1) is 5.82 Å². The number of nitrogens with one attached hydrogen (secondary N) is 1. The van der Waals surface area contributed by atoms with Crippen LogP contribution in [0.25, 0.3) is 5.69 Å². The molecule has 0 aliphatic carbocycles. The van der Waals surface area contributed by atoms with E-state index in [0.717, 1.165) is 15.7 Å². The first-order valence-electron chi connectivity index (χ1n) is 8.99. The molecule has 4 aromatic rings. The summed E-state index contributed by atoms with van der Waals surface area (Å²) in [5.74, 6) is 0.796. The quantitative estimate of drug-likeness (QED) is 0.341. The van der Waals surface area contributed by atoms with Gasteiger partial charge in [0.25, 0.3) is 5.91 Å². The SMILES string of the molecule is O=C(NCc1nnc(SCc2ccc(Br)cc2)n1-c1ccc(F)cc1)c1cccs1. The third-order valence-corrected chi connectivity index (χ3v) is 6.62. The second-order valence-corrected chi connectivity index (χ2v) is 9.09. The molecule has 152 valence electrons. The molecule has 2 aromatic carbocycles. The van der Waals surface area contributed by atoms with Crippen molar-refractivity contribution >= 4 is 44.9 Å². The van der Waals surface area contributed by atoms with Crippen molar-refractivity contribution in [3.8, 4) is 5.69 Å². The largest absolute Gasteiger partial charge is 0.344 e. The van der Waals surface area contributed by atoms with Crippen LogP contribution in [0.5, 0.6) is 0 Å². The van der Waals surface area contributed by atoms with E-state index in [2.05, 4.69) is 31.4 Å².